The number of nitrogen functional groups attached to an aromatic ring is 1. The number of ether oxygens (including phenoxy) is 1. The number of nitrogens with two attached hydrogens (primary N) is 1. The van der Waals surface area contributed by atoms with Crippen LogP contribution >= 0.6 is 11.6 Å². The van der Waals surface area contributed by atoms with Crippen LogP contribution in [0.2, 0.25) is 5.02 Å². The van der Waals surface area contributed by atoms with E-state index in [-0.39, 0.29) is 0 Å². The zero-order valence-corrected chi connectivity index (χ0v) is 9.96. The zero-order valence-electron chi connectivity index (χ0n) is 9.21. The van der Waals surface area contributed by atoms with E-state index in [0.29, 0.717) is 10.9 Å². The summed E-state index contributed by atoms with van der Waals surface area (Å²) in [6.45, 7) is 2.68. The molecule has 3 nitrogen and oxygen atoms in total. The fourth-order valence-corrected chi connectivity index (χ4v) is 2.06. The normalized spacial score (nSPS) is 17.3. The Balaban J connectivity index is 1.90. The lowest BCUT2D eigenvalue weighted by atomic mass is 10.0. The molecule has 0 spiro atoms. The number of nitrogens with one attached hydrogen (secondary N) is 1. The topological polar surface area (TPSA) is 47.3 Å². The van der Waals surface area contributed by atoms with Crippen molar-refractivity contribution in [2.75, 3.05) is 30.8 Å². The third-order valence-corrected chi connectivity index (χ3v) is 3.17. The fraction of sp³-hybridized carbons (Fsp3) is 0.500. The number of anilines is 2. The molecule has 1 aliphatic heterocycles. The number of halogens is 1. The Kier molecular flexibility index (Phi) is 3.91. The first-order chi connectivity index (χ1) is 7.75. The summed E-state index contributed by atoms with van der Waals surface area (Å²) in [7, 11) is 0. The molecule has 1 saturated heterocycles. The first-order valence-corrected chi connectivity index (χ1v) is 6.00. The third kappa shape index (κ3) is 3.03. The Labute approximate surface area is 101 Å². The molecule has 1 fully saturated rings. The Morgan fingerprint density at radius 1 is 1.38 bits per heavy atom. The molecule has 0 bridgehead atoms. The highest BCUT2D eigenvalue weighted by atomic mass is 35.5. The molecular formula is C12H17ClN2O. The number of hydrogen-bond acceptors (Lipinski definition) is 3. The highest BCUT2D eigenvalue weighted by Gasteiger charge is 2.13. The summed E-state index contributed by atoms with van der Waals surface area (Å²) in [6, 6.07) is 5.50. The van der Waals surface area contributed by atoms with Gasteiger partial charge in [0.05, 0.1) is 11.4 Å². The highest BCUT2D eigenvalue weighted by molar-refractivity contribution is 6.31. The van der Waals surface area contributed by atoms with Crippen LogP contribution in [0.5, 0.6) is 0 Å². The molecule has 1 heterocycles. The van der Waals surface area contributed by atoms with Gasteiger partial charge in [-0.2, -0.15) is 0 Å². The minimum Gasteiger partial charge on any atom is -0.397 e. The Morgan fingerprint density at radius 2 is 2.12 bits per heavy atom. The van der Waals surface area contributed by atoms with E-state index in [1.165, 1.54) is 0 Å². The molecular weight excluding hydrogens is 224 g/mol. The van der Waals surface area contributed by atoms with Crippen LogP contribution in [0, 0.1) is 5.92 Å². The third-order valence-electron chi connectivity index (χ3n) is 2.94. The second-order valence-corrected chi connectivity index (χ2v) is 4.60. The van der Waals surface area contributed by atoms with Gasteiger partial charge in [-0.25, -0.2) is 0 Å². The molecule has 88 valence electrons. The summed E-state index contributed by atoms with van der Waals surface area (Å²) >= 11 is 5.92. The standard InChI is InChI=1S/C12H17ClN2O/c13-10-1-2-11(14)12(7-10)15-8-9-3-5-16-6-4-9/h1-2,7,9,15H,3-6,8,14H2. The van der Waals surface area contributed by atoms with Gasteiger partial charge in [-0.3, -0.25) is 0 Å². The molecule has 1 aliphatic rings. The maximum Gasteiger partial charge on any atom is 0.0588 e. The van der Waals surface area contributed by atoms with Gasteiger partial charge in [0.15, 0.2) is 0 Å². The average Bonchev–Trinajstić information content (AvgIpc) is 2.32. The van der Waals surface area contributed by atoms with E-state index in [0.717, 1.165) is 44.0 Å². The van der Waals surface area contributed by atoms with E-state index in [4.69, 9.17) is 22.1 Å². The summed E-state index contributed by atoms with van der Waals surface area (Å²) in [4.78, 5) is 0. The van der Waals surface area contributed by atoms with Crippen molar-refractivity contribution in [1.82, 2.24) is 0 Å². The first-order valence-electron chi connectivity index (χ1n) is 5.62. The van der Waals surface area contributed by atoms with Gasteiger partial charge in [-0.05, 0) is 37.0 Å². The van der Waals surface area contributed by atoms with Crippen LogP contribution in [0.1, 0.15) is 12.8 Å². The second kappa shape index (κ2) is 5.41. The largest absolute Gasteiger partial charge is 0.397 e. The SMILES string of the molecule is Nc1ccc(Cl)cc1NCC1CCOCC1. The molecule has 0 saturated carbocycles. The van der Waals surface area contributed by atoms with Crippen LogP contribution in [0.4, 0.5) is 11.4 Å². The van der Waals surface area contributed by atoms with Crippen molar-refractivity contribution in [3.63, 3.8) is 0 Å². The van der Waals surface area contributed by atoms with Crippen LogP contribution < -0.4 is 11.1 Å². The Morgan fingerprint density at radius 3 is 2.88 bits per heavy atom. The summed E-state index contributed by atoms with van der Waals surface area (Å²) in [5.41, 5.74) is 7.54. The number of benzene rings is 1. The molecule has 4 heteroatoms. The van der Waals surface area contributed by atoms with Gasteiger partial charge in [-0.15, -0.1) is 0 Å². The summed E-state index contributed by atoms with van der Waals surface area (Å²) < 4.78 is 5.32. The molecule has 0 amide bonds. The maximum absolute atomic E-state index is 5.92. The van der Waals surface area contributed by atoms with Crippen LogP contribution in [0.3, 0.4) is 0 Å². The van der Waals surface area contributed by atoms with Crippen LogP contribution in [-0.4, -0.2) is 19.8 Å². The van der Waals surface area contributed by atoms with Crippen LogP contribution in [0.25, 0.3) is 0 Å². The second-order valence-electron chi connectivity index (χ2n) is 4.17. The smallest absolute Gasteiger partial charge is 0.0588 e. The van der Waals surface area contributed by atoms with E-state index in [1.807, 2.05) is 12.1 Å². The number of rotatable bonds is 3. The van der Waals surface area contributed by atoms with Gasteiger partial charge in [0.1, 0.15) is 0 Å². The molecule has 0 unspecified atom stereocenters. The molecule has 2 rings (SSSR count). The van der Waals surface area contributed by atoms with Gasteiger partial charge >= 0.3 is 0 Å². The fourth-order valence-electron chi connectivity index (χ4n) is 1.89. The highest BCUT2D eigenvalue weighted by Crippen LogP contribution is 2.24. The molecule has 3 N–H and O–H groups in total. The van der Waals surface area contributed by atoms with E-state index in [2.05, 4.69) is 5.32 Å². The average molecular weight is 241 g/mol. The van der Waals surface area contributed by atoms with Crippen molar-refractivity contribution < 1.29 is 4.74 Å². The van der Waals surface area contributed by atoms with Crippen molar-refractivity contribution >= 4 is 23.0 Å². The van der Waals surface area contributed by atoms with Gasteiger partial charge in [-0.1, -0.05) is 11.6 Å². The van der Waals surface area contributed by atoms with Crippen LogP contribution in [0.15, 0.2) is 18.2 Å². The lowest BCUT2D eigenvalue weighted by molar-refractivity contribution is 0.0699. The van der Waals surface area contributed by atoms with E-state index < -0.39 is 0 Å². The zero-order chi connectivity index (χ0) is 11.4. The lowest BCUT2D eigenvalue weighted by Crippen LogP contribution is -2.22. The first kappa shape index (κ1) is 11.6. The van der Waals surface area contributed by atoms with Crippen molar-refractivity contribution in [3.05, 3.63) is 23.2 Å². The predicted molar refractivity (Wildman–Crippen MR) is 67.9 cm³/mol. The van der Waals surface area contributed by atoms with Gasteiger partial charge in [0, 0.05) is 24.8 Å². The monoisotopic (exact) mass is 240 g/mol. The molecule has 16 heavy (non-hydrogen) atoms. The quantitative estimate of drug-likeness (QED) is 0.799. The van der Waals surface area contributed by atoms with Crippen molar-refractivity contribution in [2.45, 2.75) is 12.8 Å². The molecule has 0 atom stereocenters. The van der Waals surface area contributed by atoms with Crippen molar-refractivity contribution in [1.29, 1.82) is 0 Å². The summed E-state index contributed by atoms with van der Waals surface area (Å²) in [5.74, 6) is 0.673. The molecule has 1 aromatic carbocycles. The molecule has 0 radical (unpaired) electrons. The minimum atomic E-state index is 0.673. The molecule has 0 aromatic heterocycles. The van der Waals surface area contributed by atoms with E-state index in [1.54, 1.807) is 6.07 Å². The summed E-state index contributed by atoms with van der Waals surface area (Å²) in [5, 5.41) is 4.07. The Hall–Kier alpha value is -0.930. The predicted octanol–water partition coefficient (Wildman–Crippen LogP) is 2.76. The van der Waals surface area contributed by atoms with Crippen molar-refractivity contribution in [2.24, 2.45) is 5.92 Å². The van der Waals surface area contributed by atoms with Crippen molar-refractivity contribution in [3.8, 4) is 0 Å². The summed E-state index contributed by atoms with van der Waals surface area (Å²) in [6.07, 6.45) is 2.24. The number of hydrogen-bond donors (Lipinski definition) is 2. The van der Waals surface area contributed by atoms with E-state index >= 15 is 0 Å². The Bertz CT molecular complexity index is 351. The van der Waals surface area contributed by atoms with E-state index in [9.17, 15) is 0 Å². The minimum absolute atomic E-state index is 0.673. The van der Waals surface area contributed by atoms with Crippen LogP contribution in [-0.2, 0) is 4.74 Å². The van der Waals surface area contributed by atoms with Gasteiger partial charge in [0.25, 0.3) is 0 Å². The van der Waals surface area contributed by atoms with Gasteiger partial charge < -0.3 is 15.8 Å². The van der Waals surface area contributed by atoms with Gasteiger partial charge in [0.2, 0.25) is 0 Å². The maximum atomic E-state index is 5.92. The molecule has 1 aromatic rings. The molecule has 0 aliphatic carbocycles. The lowest BCUT2D eigenvalue weighted by Gasteiger charge is -2.23.